The van der Waals surface area contributed by atoms with Crippen LogP contribution in [0.25, 0.3) is 6.08 Å². The Balaban J connectivity index is 1.63. The molecule has 200 valence electrons. The molecule has 1 amide bonds. The Morgan fingerprint density at radius 1 is 1.18 bits per heavy atom. The van der Waals surface area contributed by atoms with Crippen molar-refractivity contribution in [2.45, 2.75) is 13.0 Å². The molecule has 1 atom stereocenters. The van der Waals surface area contributed by atoms with Crippen LogP contribution in [-0.2, 0) is 4.79 Å². The third-order valence-electron chi connectivity index (χ3n) is 6.24. The number of anilines is 1. The monoisotopic (exact) mass is 614 g/mol. The predicted octanol–water partition coefficient (Wildman–Crippen LogP) is 4.55. The number of nitriles is 1. The van der Waals surface area contributed by atoms with E-state index in [1.54, 1.807) is 29.7 Å². The molecule has 1 aliphatic heterocycles. The van der Waals surface area contributed by atoms with Crippen molar-refractivity contribution in [1.82, 2.24) is 4.57 Å². The molecule has 1 aromatic heterocycles. The summed E-state index contributed by atoms with van der Waals surface area (Å²) in [5.41, 5.74) is 2.81. The lowest BCUT2D eigenvalue weighted by Crippen LogP contribution is -2.40. The summed E-state index contributed by atoms with van der Waals surface area (Å²) >= 11 is 4.72. The van der Waals surface area contributed by atoms with E-state index >= 15 is 0 Å². The number of aromatic nitrogens is 1. The lowest BCUT2D eigenvalue weighted by molar-refractivity contribution is -0.113. The highest BCUT2D eigenvalue weighted by Crippen LogP contribution is 2.37. The Hall–Kier alpha value is -4.46. The van der Waals surface area contributed by atoms with E-state index in [0.717, 1.165) is 5.56 Å². The Morgan fingerprint density at radius 3 is 2.55 bits per heavy atom. The van der Waals surface area contributed by atoms with Crippen LogP contribution < -0.4 is 29.7 Å². The maximum Gasteiger partial charge on any atom is 0.271 e. The first-order chi connectivity index (χ1) is 19.4. The van der Waals surface area contributed by atoms with Crippen LogP contribution in [0.15, 0.2) is 98.3 Å². The summed E-state index contributed by atoms with van der Waals surface area (Å²) in [7, 11) is 1.50. The van der Waals surface area contributed by atoms with Gasteiger partial charge in [-0.05, 0) is 64.3 Å². The largest absolute Gasteiger partial charge is 0.493 e. The zero-order valence-corrected chi connectivity index (χ0v) is 24.0. The van der Waals surface area contributed by atoms with Crippen LogP contribution in [0.5, 0.6) is 11.5 Å². The number of fused-ring (bicyclic) bond motifs is 1. The number of allylic oxidation sites excluding steroid dienone is 1. The van der Waals surface area contributed by atoms with Crippen molar-refractivity contribution in [1.29, 1.82) is 5.26 Å². The van der Waals surface area contributed by atoms with E-state index in [2.05, 4.69) is 26.2 Å². The number of rotatable bonds is 7. The molecule has 0 saturated heterocycles. The fourth-order valence-electron chi connectivity index (χ4n) is 4.50. The van der Waals surface area contributed by atoms with Gasteiger partial charge in [-0.2, -0.15) is 5.26 Å². The highest BCUT2D eigenvalue weighted by molar-refractivity contribution is 9.10. The van der Waals surface area contributed by atoms with Crippen LogP contribution in [0.3, 0.4) is 0 Å². The van der Waals surface area contributed by atoms with Crippen LogP contribution in [0, 0.1) is 11.3 Å². The molecular formula is C30H23BrN4O4S. The van der Waals surface area contributed by atoms with Gasteiger partial charge < -0.3 is 14.8 Å². The summed E-state index contributed by atoms with van der Waals surface area (Å²) in [6.07, 6.45) is 1.75. The molecule has 3 aromatic carbocycles. The number of carbonyl (C=O) groups is 1. The van der Waals surface area contributed by atoms with Gasteiger partial charge in [0, 0.05) is 5.69 Å². The number of halogens is 1. The summed E-state index contributed by atoms with van der Waals surface area (Å²) in [6.45, 7) is 1.65. The van der Waals surface area contributed by atoms with E-state index in [4.69, 9.17) is 14.7 Å². The van der Waals surface area contributed by atoms with Crippen molar-refractivity contribution >= 4 is 44.9 Å². The number of nitrogens with one attached hydrogen (secondary N) is 1. The number of hydrogen-bond acceptors (Lipinski definition) is 7. The number of benzene rings is 3. The second-order valence-corrected chi connectivity index (χ2v) is 10.7. The highest BCUT2D eigenvalue weighted by atomic mass is 79.9. The molecule has 5 rings (SSSR count). The normalized spacial score (nSPS) is 14.7. The van der Waals surface area contributed by atoms with Crippen molar-refractivity contribution < 1.29 is 14.3 Å². The van der Waals surface area contributed by atoms with Gasteiger partial charge in [-0.3, -0.25) is 14.2 Å². The minimum atomic E-state index is -0.661. The summed E-state index contributed by atoms with van der Waals surface area (Å²) in [5.74, 6) is 0.496. The Kier molecular flexibility index (Phi) is 7.96. The molecule has 0 unspecified atom stereocenters. The molecule has 8 nitrogen and oxygen atoms in total. The van der Waals surface area contributed by atoms with E-state index in [1.165, 1.54) is 18.4 Å². The third kappa shape index (κ3) is 5.34. The van der Waals surface area contributed by atoms with Gasteiger partial charge in [0.05, 0.1) is 33.4 Å². The number of hydrogen-bond donors (Lipinski definition) is 1. The van der Waals surface area contributed by atoms with Crippen LogP contribution in [0.4, 0.5) is 5.69 Å². The molecule has 4 aromatic rings. The topological polar surface area (TPSA) is 106 Å². The molecule has 10 heteroatoms. The van der Waals surface area contributed by atoms with Crippen molar-refractivity contribution in [2.24, 2.45) is 4.99 Å². The van der Waals surface area contributed by atoms with Gasteiger partial charge >= 0.3 is 0 Å². The molecule has 2 heterocycles. The molecule has 0 aliphatic carbocycles. The van der Waals surface area contributed by atoms with Gasteiger partial charge in [-0.25, -0.2) is 4.99 Å². The molecular weight excluding hydrogens is 592 g/mol. The lowest BCUT2D eigenvalue weighted by Gasteiger charge is -2.25. The van der Waals surface area contributed by atoms with Gasteiger partial charge in [-0.15, -0.1) is 0 Å². The standard InChI is InChI=1S/C30H23BrN4O4S/c1-18-25(28(36)34-21-11-7-4-8-12-21)26(20-9-5-3-6-10-20)35-29(37)24(40-30(35)33-18)17-19-15-22(31)27(39-14-13-32)23(16-19)38-2/h3-12,15-17,26H,14H2,1-2H3,(H,34,36)/b24-17-/t26-/m1/s1. The second kappa shape index (κ2) is 11.7. The van der Waals surface area contributed by atoms with Gasteiger partial charge in [0.15, 0.2) is 22.9 Å². The number of nitrogens with zero attached hydrogens (tertiary/aromatic N) is 3. The summed E-state index contributed by atoms with van der Waals surface area (Å²) in [5, 5.41) is 11.8. The van der Waals surface area contributed by atoms with E-state index in [9.17, 15) is 9.59 Å². The number of amides is 1. The number of carbonyl (C=O) groups excluding carboxylic acids is 1. The lowest BCUT2D eigenvalue weighted by atomic mass is 9.95. The molecule has 40 heavy (non-hydrogen) atoms. The average Bonchev–Trinajstić information content (AvgIpc) is 3.26. The molecule has 0 bridgehead atoms. The van der Waals surface area contributed by atoms with E-state index < -0.39 is 6.04 Å². The van der Waals surface area contributed by atoms with Crippen molar-refractivity contribution in [2.75, 3.05) is 19.0 Å². The highest BCUT2D eigenvalue weighted by Gasteiger charge is 2.32. The molecule has 0 radical (unpaired) electrons. The zero-order chi connectivity index (χ0) is 28.2. The zero-order valence-electron chi connectivity index (χ0n) is 21.6. The quantitative estimate of drug-likeness (QED) is 0.329. The van der Waals surface area contributed by atoms with E-state index in [0.29, 0.717) is 47.8 Å². The van der Waals surface area contributed by atoms with Crippen LogP contribution in [0.1, 0.15) is 24.1 Å². The maximum atomic E-state index is 13.9. The van der Waals surface area contributed by atoms with Crippen molar-refractivity contribution in [3.63, 3.8) is 0 Å². The fraction of sp³-hybridized carbons (Fsp3) is 0.133. The summed E-state index contributed by atoms with van der Waals surface area (Å²) < 4.78 is 13.5. The first kappa shape index (κ1) is 27.1. The third-order valence-corrected chi connectivity index (χ3v) is 7.82. The molecule has 0 fully saturated rings. The summed E-state index contributed by atoms with van der Waals surface area (Å²) in [4.78, 5) is 32.7. The van der Waals surface area contributed by atoms with Crippen LogP contribution >= 0.6 is 27.3 Å². The number of methoxy groups -OCH3 is 1. The number of ether oxygens (including phenoxy) is 2. The number of thiazole rings is 1. The SMILES string of the molecule is COc1cc(/C=c2\sc3n(c2=O)[C@H](c2ccccc2)C(C(=O)Nc2ccccc2)=C(C)N=3)cc(Br)c1OCC#N. The predicted molar refractivity (Wildman–Crippen MR) is 157 cm³/mol. The van der Waals surface area contributed by atoms with Crippen LogP contribution in [0.2, 0.25) is 0 Å². The fourth-order valence-corrected chi connectivity index (χ4v) is 6.12. The maximum absolute atomic E-state index is 13.9. The Bertz CT molecular complexity index is 1840. The number of para-hydroxylation sites is 1. The second-order valence-electron chi connectivity index (χ2n) is 8.79. The van der Waals surface area contributed by atoms with E-state index in [-0.39, 0.29) is 18.1 Å². The van der Waals surface area contributed by atoms with Crippen LogP contribution in [-0.4, -0.2) is 24.2 Å². The molecule has 0 saturated carbocycles. The molecule has 0 spiro atoms. The van der Waals surface area contributed by atoms with Gasteiger partial charge in [0.25, 0.3) is 11.5 Å². The average molecular weight is 616 g/mol. The minimum Gasteiger partial charge on any atom is -0.493 e. The first-order valence-corrected chi connectivity index (χ1v) is 13.8. The molecule has 1 aliphatic rings. The Labute approximate surface area is 242 Å². The van der Waals surface area contributed by atoms with Crippen molar-refractivity contribution in [3.05, 3.63) is 119 Å². The van der Waals surface area contributed by atoms with E-state index in [1.807, 2.05) is 66.7 Å². The van der Waals surface area contributed by atoms with Gasteiger partial charge in [0.2, 0.25) is 0 Å². The molecule has 1 N–H and O–H groups in total. The minimum absolute atomic E-state index is 0.133. The van der Waals surface area contributed by atoms with Gasteiger partial charge in [0.1, 0.15) is 6.07 Å². The summed E-state index contributed by atoms with van der Waals surface area (Å²) in [6, 6.07) is 23.4. The first-order valence-electron chi connectivity index (χ1n) is 12.2. The smallest absolute Gasteiger partial charge is 0.271 e. The van der Waals surface area contributed by atoms with Crippen molar-refractivity contribution in [3.8, 4) is 17.6 Å². The van der Waals surface area contributed by atoms with Gasteiger partial charge in [-0.1, -0.05) is 59.9 Å². The Morgan fingerprint density at radius 2 is 1.88 bits per heavy atom.